The SMILES string of the molecule is CCCc1ccn2c(=O)c(C(C)C)cnc2c1O.CCCc1ccn2c(=O)c(C(C)C)cnc2c1O.[Cu]. The van der Waals surface area contributed by atoms with E-state index >= 15 is 0 Å². The summed E-state index contributed by atoms with van der Waals surface area (Å²) in [4.78, 5) is 32.8. The quantitative estimate of drug-likeness (QED) is 0.326. The van der Waals surface area contributed by atoms with Crippen molar-refractivity contribution in [2.45, 2.75) is 79.1 Å². The van der Waals surface area contributed by atoms with Gasteiger partial charge in [-0.25, -0.2) is 9.97 Å². The zero-order valence-electron chi connectivity index (χ0n) is 22.2. The Morgan fingerprint density at radius 2 is 1.08 bits per heavy atom. The number of pyridine rings is 2. The second-order valence-corrected chi connectivity index (χ2v) is 9.61. The molecule has 4 heterocycles. The molecule has 0 atom stereocenters. The molecule has 0 saturated heterocycles. The average molecular weight is 556 g/mol. The van der Waals surface area contributed by atoms with Gasteiger partial charge in [-0.3, -0.25) is 18.4 Å². The van der Waals surface area contributed by atoms with Crippen LogP contribution in [0.1, 0.15) is 88.5 Å². The topological polar surface area (TPSA) is 109 Å². The molecule has 0 aromatic carbocycles. The Balaban J connectivity index is 0.000000253. The van der Waals surface area contributed by atoms with Crippen LogP contribution in [0.4, 0.5) is 0 Å². The molecule has 203 valence electrons. The van der Waals surface area contributed by atoms with Crippen LogP contribution in [0.2, 0.25) is 0 Å². The number of hydrogen-bond acceptors (Lipinski definition) is 6. The summed E-state index contributed by atoms with van der Waals surface area (Å²) >= 11 is 0. The minimum Gasteiger partial charge on any atom is -0.504 e. The first-order chi connectivity index (χ1) is 17.1. The van der Waals surface area contributed by atoms with Gasteiger partial charge in [0.25, 0.3) is 11.1 Å². The van der Waals surface area contributed by atoms with Crippen molar-refractivity contribution in [1.29, 1.82) is 0 Å². The van der Waals surface area contributed by atoms with Crippen LogP contribution in [0, 0.1) is 0 Å². The zero-order chi connectivity index (χ0) is 26.6. The van der Waals surface area contributed by atoms with E-state index < -0.39 is 0 Å². The van der Waals surface area contributed by atoms with Crippen molar-refractivity contribution in [3.63, 3.8) is 0 Å². The molecule has 0 bridgehead atoms. The van der Waals surface area contributed by atoms with E-state index in [4.69, 9.17) is 0 Å². The summed E-state index contributed by atoms with van der Waals surface area (Å²) in [6.07, 6.45) is 9.97. The molecule has 1 radical (unpaired) electrons. The third-order valence-electron chi connectivity index (χ3n) is 6.20. The fourth-order valence-corrected chi connectivity index (χ4v) is 4.10. The van der Waals surface area contributed by atoms with Crippen molar-refractivity contribution in [1.82, 2.24) is 18.8 Å². The zero-order valence-corrected chi connectivity index (χ0v) is 23.2. The fraction of sp³-hybridized carbons (Fsp3) is 0.429. The van der Waals surface area contributed by atoms with E-state index in [0.29, 0.717) is 22.4 Å². The third kappa shape index (κ3) is 6.22. The molecule has 0 amide bonds. The normalized spacial score (nSPS) is 11.0. The summed E-state index contributed by atoms with van der Waals surface area (Å²) in [6.45, 7) is 11.9. The van der Waals surface area contributed by atoms with E-state index in [9.17, 15) is 19.8 Å². The maximum atomic E-state index is 12.2. The second kappa shape index (κ2) is 12.9. The van der Waals surface area contributed by atoms with Gasteiger partial charge in [-0.2, -0.15) is 0 Å². The molecular formula is C28H36CuN4O4. The Labute approximate surface area is 227 Å². The minimum atomic E-state index is -0.103. The fourth-order valence-electron chi connectivity index (χ4n) is 4.10. The second-order valence-electron chi connectivity index (χ2n) is 9.61. The van der Waals surface area contributed by atoms with Crippen molar-refractivity contribution in [2.75, 3.05) is 0 Å². The van der Waals surface area contributed by atoms with E-state index in [2.05, 4.69) is 9.97 Å². The molecule has 2 N–H and O–H groups in total. The molecule has 0 unspecified atom stereocenters. The Hall–Kier alpha value is -3.16. The molecule has 0 aliphatic rings. The van der Waals surface area contributed by atoms with Crippen molar-refractivity contribution < 1.29 is 27.3 Å². The van der Waals surface area contributed by atoms with Gasteiger partial charge in [0.05, 0.1) is 0 Å². The van der Waals surface area contributed by atoms with Gasteiger partial charge in [0.1, 0.15) is 0 Å². The summed E-state index contributed by atoms with van der Waals surface area (Å²) in [7, 11) is 0. The van der Waals surface area contributed by atoms with Crippen molar-refractivity contribution in [2.24, 2.45) is 0 Å². The molecule has 0 spiro atoms. The summed E-state index contributed by atoms with van der Waals surface area (Å²) in [5, 5.41) is 20.2. The van der Waals surface area contributed by atoms with Crippen LogP contribution >= 0.6 is 0 Å². The van der Waals surface area contributed by atoms with Gasteiger partial charge in [0.15, 0.2) is 22.8 Å². The maximum Gasteiger partial charge on any atom is 0.261 e. The third-order valence-corrected chi connectivity index (χ3v) is 6.20. The van der Waals surface area contributed by atoms with Crippen molar-refractivity contribution in [3.05, 3.63) is 79.9 Å². The van der Waals surface area contributed by atoms with Crippen LogP contribution in [0.15, 0.2) is 46.5 Å². The van der Waals surface area contributed by atoms with Gasteiger partial charge in [-0.15, -0.1) is 0 Å². The van der Waals surface area contributed by atoms with Gasteiger partial charge >= 0.3 is 0 Å². The summed E-state index contributed by atoms with van der Waals surface area (Å²) in [5.74, 6) is 0.484. The van der Waals surface area contributed by atoms with Crippen LogP contribution in [0.25, 0.3) is 11.3 Å². The van der Waals surface area contributed by atoms with E-state index in [1.807, 2.05) is 41.5 Å². The number of nitrogens with zero attached hydrogens (tertiary/aromatic N) is 4. The first-order valence-corrected chi connectivity index (χ1v) is 12.6. The molecular weight excluding hydrogens is 520 g/mol. The first-order valence-electron chi connectivity index (χ1n) is 12.6. The smallest absolute Gasteiger partial charge is 0.261 e. The molecule has 0 aliphatic carbocycles. The van der Waals surface area contributed by atoms with Crippen LogP contribution in [0.3, 0.4) is 0 Å². The summed E-state index contributed by atoms with van der Waals surface area (Å²) < 4.78 is 2.84. The largest absolute Gasteiger partial charge is 0.504 e. The van der Waals surface area contributed by atoms with Crippen LogP contribution in [0.5, 0.6) is 11.5 Å². The summed E-state index contributed by atoms with van der Waals surface area (Å²) in [5.41, 5.74) is 3.47. The molecule has 8 nitrogen and oxygen atoms in total. The van der Waals surface area contributed by atoms with Gasteiger partial charge in [-0.05, 0) is 47.9 Å². The van der Waals surface area contributed by atoms with Gasteiger partial charge < -0.3 is 10.2 Å². The van der Waals surface area contributed by atoms with Gasteiger partial charge in [-0.1, -0.05) is 54.4 Å². The molecule has 0 fully saturated rings. The monoisotopic (exact) mass is 555 g/mol. The summed E-state index contributed by atoms with van der Waals surface area (Å²) in [6, 6.07) is 3.58. The van der Waals surface area contributed by atoms with Gasteiger partial charge in [0, 0.05) is 53.0 Å². The molecule has 4 rings (SSSR count). The van der Waals surface area contributed by atoms with E-state index in [1.165, 1.54) is 8.80 Å². The Bertz CT molecular complexity index is 1380. The molecule has 0 saturated carbocycles. The number of aromatic hydroxyl groups is 2. The van der Waals surface area contributed by atoms with Gasteiger partial charge in [0.2, 0.25) is 0 Å². The van der Waals surface area contributed by atoms with Crippen molar-refractivity contribution in [3.8, 4) is 11.5 Å². The number of hydrogen-bond donors (Lipinski definition) is 2. The van der Waals surface area contributed by atoms with Crippen LogP contribution < -0.4 is 11.1 Å². The molecule has 4 aromatic heterocycles. The van der Waals surface area contributed by atoms with Crippen LogP contribution in [-0.2, 0) is 29.9 Å². The van der Waals surface area contributed by atoms with E-state index in [-0.39, 0.29) is 51.5 Å². The maximum absolute atomic E-state index is 12.2. The molecule has 4 aromatic rings. The molecule has 9 heteroatoms. The Morgan fingerprint density at radius 1 is 0.730 bits per heavy atom. The predicted octanol–water partition coefficient (Wildman–Crippen LogP) is 4.95. The molecule has 0 aliphatic heterocycles. The number of aryl methyl sites for hydroxylation is 2. The predicted molar refractivity (Wildman–Crippen MR) is 142 cm³/mol. The van der Waals surface area contributed by atoms with E-state index in [0.717, 1.165) is 36.8 Å². The Morgan fingerprint density at radius 3 is 1.38 bits per heavy atom. The standard InChI is InChI=1S/2C14H18N2O2.Cu/c2*1-4-5-10-6-7-16-13(12(10)17)15-8-11(9(2)3)14(16)18;/h2*6-9,17H,4-5H2,1-3H3;. The average Bonchev–Trinajstić information content (AvgIpc) is 2.83. The van der Waals surface area contributed by atoms with E-state index in [1.54, 1.807) is 36.9 Å². The van der Waals surface area contributed by atoms with Crippen molar-refractivity contribution >= 4 is 11.3 Å². The first kappa shape index (κ1) is 30.1. The van der Waals surface area contributed by atoms with Crippen LogP contribution in [-0.4, -0.2) is 29.0 Å². The minimum absolute atomic E-state index is 0. The molecule has 37 heavy (non-hydrogen) atoms. The number of fused-ring (bicyclic) bond motifs is 2. The Kier molecular flexibility index (Phi) is 10.5. The number of aromatic nitrogens is 4. The number of rotatable bonds is 6.